The zero-order chi connectivity index (χ0) is 19.7. The Bertz CT molecular complexity index is 988. The summed E-state index contributed by atoms with van der Waals surface area (Å²) in [5.74, 6) is -1.42. The zero-order valence-electron chi connectivity index (χ0n) is 15.0. The van der Waals surface area contributed by atoms with Crippen LogP contribution in [0.5, 0.6) is 0 Å². The monoisotopic (exact) mass is 410 g/mol. The molecule has 1 amide bonds. The van der Waals surface area contributed by atoms with Crippen molar-refractivity contribution in [1.82, 2.24) is 4.90 Å². The van der Waals surface area contributed by atoms with Gasteiger partial charge in [-0.05, 0) is 41.3 Å². The lowest BCUT2D eigenvalue weighted by Crippen LogP contribution is -2.33. The Morgan fingerprint density at radius 1 is 1.21 bits per heavy atom. The molecule has 0 unspecified atom stereocenters. The molecular formula is C21H18N2O3S2. The van der Waals surface area contributed by atoms with Gasteiger partial charge < -0.3 is 10.0 Å². The Morgan fingerprint density at radius 3 is 2.75 bits per heavy atom. The van der Waals surface area contributed by atoms with Crippen LogP contribution in [0.2, 0.25) is 0 Å². The van der Waals surface area contributed by atoms with E-state index in [-0.39, 0.29) is 10.2 Å². The number of thioether (sulfide) groups is 1. The summed E-state index contributed by atoms with van der Waals surface area (Å²) in [6, 6.07) is 16.6. The maximum atomic E-state index is 12.4. The van der Waals surface area contributed by atoms with E-state index in [1.807, 2.05) is 12.1 Å². The van der Waals surface area contributed by atoms with E-state index in [0.29, 0.717) is 4.91 Å². The second-order valence-electron chi connectivity index (χ2n) is 6.71. The number of hydrogen-bond acceptors (Lipinski definition) is 5. The van der Waals surface area contributed by atoms with Crippen molar-refractivity contribution in [3.8, 4) is 0 Å². The Labute approximate surface area is 172 Å². The summed E-state index contributed by atoms with van der Waals surface area (Å²) in [4.78, 5) is 27.3. The number of aliphatic carboxylic acids is 1. The summed E-state index contributed by atoms with van der Waals surface area (Å²) in [5, 5.41) is 8.93. The van der Waals surface area contributed by atoms with Crippen molar-refractivity contribution in [2.75, 3.05) is 18.0 Å². The summed E-state index contributed by atoms with van der Waals surface area (Å²) in [6.45, 7) is 1.44. The molecule has 0 bridgehead atoms. The number of anilines is 1. The molecule has 142 valence electrons. The van der Waals surface area contributed by atoms with Gasteiger partial charge in [0.2, 0.25) is 0 Å². The van der Waals surface area contributed by atoms with E-state index in [1.54, 1.807) is 6.08 Å². The number of carboxylic acids is 1. The highest BCUT2D eigenvalue weighted by Crippen LogP contribution is 2.34. The van der Waals surface area contributed by atoms with Gasteiger partial charge in [-0.15, -0.1) is 0 Å². The molecular weight excluding hydrogens is 392 g/mol. The third kappa shape index (κ3) is 3.81. The highest BCUT2D eigenvalue weighted by atomic mass is 32.2. The van der Waals surface area contributed by atoms with Crippen LogP contribution in [0.1, 0.15) is 16.7 Å². The maximum absolute atomic E-state index is 12.4. The van der Waals surface area contributed by atoms with Gasteiger partial charge in [0, 0.05) is 18.8 Å². The van der Waals surface area contributed by atoms with Crippen molar-refractivity contribution in [2.45, 2.75) is 13.0 Å². The van der Waals surface area contributed by atoms with Crippen LogP contribution in [-0.2, 0) is 22.6 Å². The first-order valence-corrected chi connectivity index (χ1v) is 10.1. The number of rotatable bonds is 5. The molecule has 2 aromatic rings. The van der Waals surface area contributed by atoms with Gasteiger partial charge in [0.1, 0.15) is 10.9 Å². The van der Waals surface area contributed by atoms with Crippen LogP contribution >= 0.6 is 24.0 Å². The van der Waals surface area contributed by atoms with Gasteiger partial charge in [0.15, 0.2) is 0 Å². The predicted molar refractivity (Wildman–Crippen MR) is 115 cm³/mol. The molecule has 28 heavy (non-hydrogen) atoms. The maximum Gasteiger partial charge on any atom is 0.323 e. The molecule has 4 rings (SSSR count). The predicted octanol–water partition coefficient (Wildman–Crippen LogP) is 3.54. The number of carboxylic acid groups (broad SMARTS) is 1. The lowest BCUT2D eigenvalue weighted by atomic mass is 10.1. The summed E-state index contributed by atoms with van der Waals surface area (Å²) < 4.78 is 0.286. The van der Waals surface area contributed by atoms with Crippen molar-refractivity contribution < 1.29 is 14.7 Å². The molecule has 0 saturated carbocycles. The van der Waals surface area contributed by atoms with E-state index in [9.17, 15) is 9.59 Å². The van der Waals surface area contributed by atoms with Crippen LogP contribution in [0.15, 0.2) is 53.4 Å². The van der Waals surface area contributed by atoms with Crippen molar-refractivity contribution in [1.29, 1.82) is 0 Å². The normalized spacial score (nSPS) is 17.5. The molecule has 7 heteroatoms. The van der Waals surface area contributed by atoms with Crippen LogP contribution in [0.3, 0.4) is 0 Å². The van der Waals surface area contributed by atoms with Gasteiger partial charge >= 0.3 is 5.97 Å². The zero-order valence-corrected chi connectivity index (χ0v) is 16.6. The van der Waals surface area contributed by atoms with Crippen molar-refractivity contribution >= 4 is 51.9 Å². The summed E-state index contributed by atoms with van der Waals surface area (Å²) >= 11 is 6.29. The van der Waals surface area contributed by atoms with E-state index >= 15 is 0 Å². The standard InChI is InChI=1S/C21H18N2O3S2/c24-19(25)13-23-20(26)18(28-21(23)27)11-15-6-7-17-16(10-15)8-9-22(17)12-14-4-2-1-3-5-14/h1-7,10-11H,8-9,12-13H2,(H,24,25). The molecule has 2 heterocycles. The fourth-order valence-corrected chi connectivity index (χ4v) is 4.73. The third-order valence-corrected chi connectivity index (χ3v) is 6.15. The molecule has 0 spiro atoms. The number of nitrogens with zero attached hydrogens (tertiary/aromatic N) is 2. The minimum Gasteiger partial charge on any atom is -0.480 e. The average Bonchev–Trinajstić information content (AvgIpc) is 3.18. The van der Waals surface area contributed by atoms with Crippen LogP contribution in [0.25, 0.3) is 6.08 Å². The lowest BCUT2D eigenvalue weighted by molar-refractivity contribution is -0.140. The Hall–Kier alpha value is -2.64. The minimum atomic E-state index is -1.08. The van der Waals surface area contributed by atoms with E-state index in [0.717, 1.165) is 41.7 Å². The van der Waals surface area contributed by atoms with Gasteiger partial charge in [-0.1, -0.05) is 60.4 Å². The van der Waals surface area contributed by atoms with E-state index < -0.39 is 12.5 Å². The van der Waals surface area contributed by atoms with Crippen molar-refractivity contribution in [3.05, 3.63) is 70.1 Å². The topological polar surface area (TPSA) is 60.9 Å². The molecule has 0 aromatic heterocycles. The van der Waals surface area contributed by atoms with Gasteiger partial charge in [-0.3, -0.25) is 14.5 Å². The van der Waals surface area contributed by atoms with E-state index in [1.165, 1.54) is 16.8 Å². The number of fused-ring (bicyclic) bond motifs is 1. The molecule has 0 aliphatic carbocycles. The quantitative estimate of drug-likeness (QED) is 0.601. The Balaban J connectivity index is 1.52. The summed E-state index contributed by atoms with van der Waals surface area (Å²) in [5.41, 5.74) is 4.68. The first kappa shape index (κ1) is 18.7. The van der Waals surface area contributed by atoms with Crippen LogP contribution in [0.4, 0.5) is 5.69 Å². The first-order valence-electron chi connectivity index (χ1n) is 8.90. The third-order valence-electron chi connectivity index (χ3n) is 4.78. The fraction of sp³-hybridized carbons (Fsp3) is 0.190. The molecule has 1 N–H and O–H groups in total. The Kier molecular flexibility index (Phi) is 5.19. The van der Waals surface area contributed by atoms with Gasteiger partial charge in [0.25, 0.3) is 5.91 Å². The molecule has 1 saturated heterocycles. The highest BCUT2D eigenvalue weighted by Gasteiger charge is 2.33. The lowest BCUT2D eigenvalue weighted by Gasteiger charge is -2.19. The van der Waals surface area contributed by atoms with Gasteiger partial charge in [0.05, 0.1) is 4.91 Å². The van der Waals surface area contributed by atoms with Crippen LogP contribution in [0, 0.1) is 0 Å². The number of carbonyl (C=O) groups is 2. The van der Waals surface area contributed by atoms with E-state index in [4.69, 9.17) is 17.3 Å². The van der Waals surface area contributed by atoms with Crippen molar-refractivity contribution in [3.63, 3.8) is 0 Å². The fourth-order valence-electron chi connectivity index (χ4n) is 3.47. The number of benzene rings is 2. The molecule has 2 aliphatic rings. The number of thiocarbonyl (C=S) groups is 1. The molecule has 5 nitrogen and oxygen atoms in total. The minimum absolute atomic E-state index is 0.286. The van der Waals surface area contributed by atoms with Gasteiger partial charge in [-0.25, -0.2) is 0 Å². The molecule has 0 atom stereocenters. The molecule has 0 radical (unpaired) electrons. The largest absolute Gasteiger partial charge is 0.480 e. The van der Waals surface area contributed by atoms with Gasteiger partial charge in [-0.2, -0.15) is 0 Å². The SMILES string of the molecule is O=C(O)CN1C(=O)C(=Cc2ccc3c(c2)CCN3Cc2ccccc2)SC1=S. The van der Waals surface area contributed by atoms with Crippen molar-refractivity contribution in [2.24, 2.45) is 0 Å². The molecule has 1 fully saturated rings. The smallest absolute Gasteiger partial charge is 0.323 e. The highest BCUT2D eigenvalue weighted by molar-refractivity contribution is 8.26. The number of amides is 1. The molecule has 2 aromatic carbocycles. The van der Waals surface area contributed by atoms with Crippen LogP contribution < -0.4 is 4.90 Å². The number of hydrogen-bond donors (Lipinski definition) is 1. The number of carbonyl (C=O) groups excluding carboxylic acids is 1. The average molecular weight is 411 g/mol. The molecule has 2 aliphatic heterocycles. The first-order chi connectivity index (χ1) is 13.5. The summed E-state index contributed by atoms with van der Waals surface area (Å²) in [6.07, 6.45) is 2.76. The van der Waals surface area contributed by atoms with E-state index in [2.05, 4.69) is 41.3 Å². The Morgan fingerprint density at radius 2 is 2.00 bits per heavy atom. The second-order valence-corrected chi connectivity index (χ2v) is 8.38. The second kappa shape index (κ2) is 7.77. The summed E-state index contributed by atoms with van der Waals surface area (Å²) in [7, 11) is 0. The van der Waals surface area contributed by atoms with Crippen LogP contribution in [-0.4, -0.2) is 39.3 Å².